The molecular weight excluding hydrogens is 388 g/mol. The van der Waals surface area contributed by atoms with Crippen molar-refractivity contribution in [2.45, 2.75) is 38.5 Å². The molecule has 31 heavy (non-hydrogen) atoms. The van der Waals surface area contributed by atoms with Gasteiger partial charge in [-0.2, -0.15) is 5.26 Å². The number of benzene rings is 2. The van der Waals surface area contributed by atoms with Crippen LogP contribution in [0.3, 0.4) is 0 Å². The van der Waals surface area contributed by atoms with E-state index in [1.807, 2.05) is 56.3 Å². The molecule has 2 aliphatic heterocycles. The Hall–Kier alpha value is -3.85. The van der Waals surface area contributed by atoms with E-state index in [1.54, 1.807) is 4.90 Å². The van der Waals surface area contributed by atoms with Gasteiger partial charge in [0, 0.05) is 34.6 Å². The average Bonchev–Trinajstić information content (AvgIpc) is 3.02. The van der Waals surface area contributed by atoms with Crippen LogP contribution in [0.1, 0.15) is 36.0 Å². The van der Waals surface area contributed by atoms with Crippen LogP contribution in [0.15, 0.2) is 65.1 Å². The minimum atomic E-state index is -1.51. The first kappa shape index (κ1) is 19.1. The van der Waals surface area contributed by atoms with Crippen molar-refractivity contribution in [2.24, 2.45) is 5.73 Å². The van der Waals surface area contributed by atoms with Gasteiger partial charge < -0.3 is 11.1 Å². The molecule has 1 aliphatic carbocycles. The summed E-state index contributed by atoms with van der Waals surface area (Å²) in [5.41, 5.74) is 10.4. The topological polar surface area (TPSA) is 99.2 Å². The summed E-state index contributed by atoms with van der Waals surface area (Å²) in [6.07, 6.45) is 1.62. The van der Waals surface area contributed by atoms with E-state index in [-0.39, 0.29) is 23.1 Å². The quantitative estimate of drug-likeness (QED) is 0.747. The van der Waals surface area contributed by atoms with Gasteiger partial charge in [-0.15, -0.1) is 0 Å². The number of nitriles is 1. The van der Waals surface area contributed by atoms with E-state index in [2.05, 4.69) is 11.4 Å². The number of carbonyl (C=O) groups excluding carboxylic acids is 2. The second-order valence-electron chi connectivity index (χ2n) is 8.39. The summed E-state index contributed by atoms with van der Waals surface area (Å²) in [5.74, 6) is -0.300. The Balaban J connectivity index is 1.88. The summed E-state index contributed by atoms with van der Waals surface area (Å²) in [6, 6.07) is 15.6. The van der Waals surface area contributed by atoms with Gasteiger partial charge in [-0.05, 0) is 44.9 Å². The molecule has 154 valence electrons. The molecule has 0 saturated carbocycles. The third-order valence-corrected chi connectivity index (χ3v) is 6.47. The zero-order valence-electron chi connectivity index (χ0n) is 17.5. The van der Waals surface area contributed by atoms with E-state index in [4.69, 9.17) is 5.73 Å². The predicted molar refractivity (Wildman–Crippen MR) is 118 cm³/mol. The Morgan fingerprint density at radius 3 is 2.48 bits per heavy atom. The van der Waals surface area contributed by atoms with Crippen molar-refractivity contribution in [3.05, 3.63) is 81.8 Å². The fraction of sp³-hybridized carbons (Fsp3) is 0.240. The average molecular weight is 410 g/mol. The Morgan fingerprint density at radius 1 is 1.06 bits per heavy atom. The number of hydrogen-bond acceptors (Lipinski definition) is 5. The molecule has 5 rings (SSSR count). The van der Waals surface area contributed by atoms with Crippen LogP contribution >= 0.6 is 0 Å². The number of carbonyl (C=O) groups is 2. The number of allylic oxidation sites excluding steroid dienone is 1. The Kier molecular flexibility index (Phi) is 4.06. The fourth-order valence-electron chi connectivity index (χ4n) is 5.09. The van der Waals surface area contributed by atoms with Gasteiger partial charge in [0.15, 0.2) is 5.78 Å². The summed E-state index contributed by atoms with van der Waals surface area (Å²) in [5, 5.41) is 13.2. The van der Waals surface area contributed by atoms with E-state index < -0.39 is 5.41 Å². The zero-order chi connectivity index (χ0) is 21.9. The highest BCUT2D eigenvalue weighted by Crippen LogP contribution is 2.55. The van der Waals surface area contributed by atoms with Gasteiger partial charge in [-0.25, -0.2) is 0 Å². The smallest absolute Gasteiger partial charge is 0.245 e. The minimum absolute atomic E-state index is 0.101. The van der Waals surface area contributed by atoms with Gasteiger partial charge in [0.05, 0.1) is 5.57 Å². The lowest BCUT2D eigenvalue weighted by Gasteiger charge is -2.43. The van der Waals surface area contributed by atoms with Gasteiger partial charge in [0.25, 0.3) is 0 Å². The minimum Gasteiger partial charge on any atom is -0.384 e. The van der Waals surface area contributed by atoms with Gasteiger partial charge >= 0.3 is 0 Å². The third kappa shape index (κ3) is 2.43. The Labute approximate surface area is 180 Å². The number of fused-ring (bicyclic) bond motifs is 3. The van der Waals surface area contributed by atoms with Crippen LogP contribution in [0.5, 0.6) is 0 Å². The fourth-order valence-corrected chi connectivity index (χ4v) is 5.09. The summed E-state index contributed by atoms with van der Waals surface area (Å²) >= 11 is 0. The van der Waals surface area contributed by atoms with Crippen LogP contribution in [0.25, 0.3) is 0 Å². The third-order valence-electron chi connectivity index (χ3n) is 6.47. The molecule has 1 amide bonds. The second kappa shape index (κ2) is 6.58. The number of ketones is 1. The summed E-state index contributed by atoms with van der Waals surface area (Å²) < 4.78 is 0. The van der Waals surface area contributed by atoms with Crippen LogP contribution in [0.2, 0.25) is 0 Å². The molecule has 6 nitrogen and oxygen atoms in total. The van der Waals surface area contributed by atoms with E-state index in [0.717, 1.165) is 16.8 Å². The Bertz CT molecular complexity index is 1260. The van der Waals surface area contributed by atoms with Crippen molar-refractivity contribution in [1.82, 2.24) is 0 Å². The zero-order valence-corrected chi connectivity index (χ0v) is 17.5. The standard InChI is InChI=1S/C25H22N4O2/c1-14-6-9-16(10-7-14)29-20-4-3-5-21(30)22(20)25(18(13-26)23(29)27)17-12-15(2)8-11-19(17)28-24(25)31/h6-12H,3-5,27H2,1-2H3,(H,28,31)/t25-/m0/s1. The second-order valence-corrected chi connectivity index (χ2v) is 8.39. The first-order chi connectivity index (χ1) is 14.9. The van der Waals surface area contributed by atoms with Gasteiger partial charge in [-0.1, -0.05) is 35.4 Å². The van der Waals surface area contributed by atoms with E-state index in [9.17, 15) is 14.9 Å². The lowest BCUT2D eigenvalue weighted by molar-refractivity contribution is -0.122. The van der Waals surface area contributed by atoms with E-state index in [1.165, 1.54) is 0 Å². The molecule has 0 unspecified atom stereocenters. The lowest BCUT2D eigenvalue weighted by atomic mass is 9.63. The van der Waals surface area contributed by atoms with Crippen molar-refractivity contribution in [1.29, 1.82) is 5.26 Å². The molecule has 1 spiro atoms. The molecule has 6 heteroatoms. The molecule has 0 saturated heterocycles. The number of amides is 1. The summed E-state index contributed by atoms with van der Waals surface area (Å²) in [7, 11) is 0. The molecule has 1 atom stereocenters. The van der Waals surface area contributed by atoms with Crippen LogP contribution in [-0.4, -0.2) is 11.7 Å². The molecule has 0 bridgehead atoms. The van der Waals surface area contributed by atoms with Crippen LogP contribution in [0, 0.1) is 25.2 Å². The molecule has 3 N–H and O–H groups in total. The number of nitrogens with zero attached hydrogens (tertiary/aromatic N) is 2. The molecule has 3 aliphatic rings. The first-order valence-electron chi connectivity index (χ1n) is 10.4. The molecule has 2 aromatic rings. The van der Waals surface area contributed by atoms with Crippen molar-refractivity contribution < 1.29 is 9.59 Å². The number of aryl methyl sites for hydroxylation is 2. The summed E-state index contributed by atoms with van der Waals surface area (Å²) in [4.78, 5) is 28.7. The van der Waals surface area contributed by atoms with Gasteiger partial charge in [0.1, 0.15) is 17.3 Å². The van der Waals surface area contributed by atoms with Crippen molar-refractivity contribution in [3.63, 3.8) is 0 Å². The first-order valence-corrected chi connectivity index (χ1v) is 10.4. The number of anilines is 2. The monoisotopic (exact) mass is 410 g/mol. The molecule has 0 fully saturated rings. The highest BCUT2D eigenvalue weighted by Gasteiger charge is 2.60. The van der Waals surface area contributed by atoms with Crippen LogP contribution in [0.4, 0.5) is 11.4 Å². The molecule has 2 aromatic carbocycles. The SMILES string of the molecule is Cc1ccc(N2C(N)=C(C#N)[C@]3(C(=O)Nc4ccc(C)cc43)C3=C2CCCC3=O)cc1. The molecule has 0 radical (unpaired) electrons. The summed E-state index contributed by atoms with van der Waals surface area (Å²) in [6.45, 7) is 3.92. The van der Waals surface area contributed by atoms with Crippen molar-refractivity contribution in [2.75, 3.05) is 10.2 Å². The maximum atomic E-state index is 13.6. The van der Waals surface area contributed by atoms with E-state index >= 15 is 0 Å². The normalized spacial score (nSPS) is 22.4. The van der Waals surface area contributed by atoms with Gasteiger partial charge in [0.2, 0.25) is 5.91 Å². The number of nitrogens with two attached hydrogens (primary N) is 1. The largest absolute Gasteiger partial charge is 0.384 e. The number of Topliss-reactive ketones (excluding diaryl/α,β-unsaturated/α-hetero) is 1. The van der Waals surface area contributed by atoms with Crippen LogP contribution in [-0.2, 0) is 15.0 Å². The number of nitrogens with one attached hydrogen (secondary N) is 1. The van der Waals surface area contributed by atoms with Crippen molar-refractivity contribution in [3.8, 4) is 6.07 Å². The van der Waals surface area contributed by atoms with E-state index in [0.29, 0.717) is 41.8 Å². The maximum Gasteiger partial charge on any atom is 0.245 e. The van der Waals surface area contributed by atoms with Crippen LogP contribution < -0.4 is 16.0 Å². The maximum absolute atomic E-state index is 13.6. The number of rotatable bonds is 1. The Morgan fingerprint density at radius 2 is 1.77 bits per heavy atom. The predicted octanol–water partition coefficient (Wildman–Crippen LogP) is 3.71. The number of hydrogen-bond donors (Lipinski definition) is 2. The molecule has 0 aromatic heterocycles. The van der Waals surface area contributed by atoms with Gasteiger partial charge in [-0.3, -0.25) is 14.5 Å². The highest BCUT2D eigenvalue weighted by atomic mass is 16.2. The molecular formula is C25H22N4O2. The lowest BCUT2D eigenvalue weighted by Crippen LogP contribution is -2.50. The van der Waals surface area contributed by atoms with Crippen molar-refractivity contribution >= 4 is 23.1 Å². The molecule has 2 heterocycles. The highest BCUT2D eigenvalue weighted by molar-refractivity contribution is 6.19.